The summed E-state index contributed by atoms with van der Waals surface area (Å²) >= 11 is 1.22. The number of benzene rings is 2. The van der Waals surface area contributed by atoms with Gasteiger partial charge in [0.25, 0.3) is 5.91 Å². The van der Waals surface area contributed by atoms with Crippen molar-refractivity contribution in [2.75, 3.05) is 6.54 Å². The zero-order valence-electron chi connectivity index (χ0n) is 13.8. The van der Waals surface area contributed by atoms with E-state index in [1.807, 2.05) is 36.4 Å². The van der Waals surface area contributed by atoms with Crippen molar-refractivity contribution in [2.24, 2.45) is 5.73 Å². The van der Waals surface area contributed by atoms with E-state index in [9.17, 15) is 4.79 Å². The molecule has 1 heterocycles. The Morgan fingerprint density at radius 3 is 2.50 bits per heavy atom. The summed E-state index contributed by atoms with van der Waals surface area (Å²) in [6, 6.07) is 15.7. The maximum absolute atomic E-state index is 12.4. The van der Waals surface area contributed by atoms with Crippen LogP contribution in [0.2, 0.25) is 0 Å². The summed E-state index contributed by atoms with van der Waals surface area (Å²) in [4.78, 5) is 13.0. The molecular weight excluding hydrogens is 318 g/mol. The molecule has 0 bridgehead atoms. The standard InChI is InChI=1S/C19H21N3OS/c1-12(2)13-7-9-14(10-8-13)16(20)11-21-19(23)18-15-5-3-4-6-17(15)22-24-18/h3-10,12,16H,11,20H2,1-2H3,(H,21,23)/t16-/m0/s1. The lowest BCUT2D eigenvalue weighted by molar-refractivity contribution is 0.0956. The van der Waals surface area contributed by atoms with Gasteiger partial charge in [0.2, 0.25) is 0 Å². The number of nitrogens with two attached hydrogens (primary N) is 1. The third-order valence-corrected chi connectivity index (χ3v) is 4.98. The fourth-order valence-corrected chi connectivity index (χ4v) is 3.36. The second-order valence-corrected chi connectivity index (χ2v) is 6.94. The third-order valence-electron chi connectivity index (χ3n) is 4.10. The van der Waals surface area contributed by atoms with Crippen molar-refractivity contribution in [1.82, 2.24) is 9.69 Å². The second-order valence-electron chi connectivity index (χ2n) is 6.17. The maximum atomic E-state index is 12.4. The first-order valence-electron chi connectivity index (χ1n) is 8.04. The Labute approximate surface area is 145 Å². The van der Waals surface area contributed by atoms with Crippen LogP contribution in [-0.4, -0.2) is 16.8 Å². The van der Waals surface area contributed by atoms with Crippen LogP contribution in [0, 0.1) is 0 Å². The summed E-state index contributed by atoms with van der Waals surface area (Å²) in [5.74, 6) is 0.373. The highest BCUT2D eigenvalue weighted by Gasteiger charge is 2.15. The molecule has 0 unspecified atom stereocenters. The summed E-state index contributed by atoms with van der Waals surface area (Å²) in [6.07, 6.45) is 0. The van der Waals surface area contributed by atoms with E-state index in [0.717, 1.165) is 16.5 Å². The number of aromatic nitrogens is 1. The van der Waals surface area contributed by atoms with Crippen LogP contribution in [0.5, 0.6) is 0 Å². The molecule has 24 heavy (non-hydrogen) atoms. The number of carbonyl (C=O) groups excluding carboxylic acids is 1. The van der Waals surface area contributed by atoms with E-state index in [2.05, 4.69) is 35.7 Å². The normalized spacial score (nSPS) is 12.5. The minimum atomic E-state index is -0.227. The molecule has 4 nitrogen and oxygen atoms in total. The number of nitrogens with zero attached hydrogens (tertiary/aromatic N) is 1. The van der Waals surface area contributed by atoms with Crippen LogP contribution in [-0.2, 0) is 0 Å². The van der Waals surface area contributed by atoms with Crippen molar-refractivity contribution in [2.45, 2.75) is 25.8 Å². The lowest BCUT2D eigenvalue weighted by atomic mass is 9.99. The highest BCUT2D eigenvalue weighted by molar-refractivity contribution is 7.09. The van der Waals surface area contributed by atoms with E-state index in [4.69, 9.17) is 5.73 Å². The molecule has 1 atom stereocenters. The Balaban J connectivity index is 1.65. The smallest absolute Gasteiger partial charge is 0.263 e. The largest absolute Gasteiger partial charge is 0.349 e. The van der Waals surface area contributed by atoms with E-state index in [1.54, 1.807) is 0 Å². The average Bonchev–Trinajstić information content (AvgIpc) is 3.03. The van der Waals surface area contributed by atoms with Crippen LogP contribution in [0.3, 0.4) is 0 Å². The monoisotopic (exact) mass is 339 g/mol. The van der Waals surface area contributed by atoms with Crippen molar-refractivity contribution >= 4 is 28.3 Å². The van der Waals surface area contributed by atoms with Gasteiger partial charge in [-0.05, 0) is 34.6 Å². The Kier molecular flexibility index (Phi) is 4.92. The molecule has 0 radical (unpaired) electrons. The van der Waals surface area contributed by atoms with Crippen molar-refractivity contribution in [3.8, 4) is 0 Å². The number of nitrogens with one attached hydrogen (secondary N) is 1. The molecule has 0 saturated heterocycles. The highest BCUT2D eigenvalue weighted by Crippen LogP contribution is 2.22. The van der Waals surface area contributed by atoms with Gasteiger partial charge in [-0.15, -0.1) is 0 Å². The van der Waals surface area contributed by atoms with Gasteiger partial charge in [0.15, 0.2) is 0 Å². The summed E-state index contributed by atoms with van der Waals surface area (Å²) in [5, 5.41) is 3.80. The van der Waals surface area contributed by atoms with Crippen molar-refractivity contribution in [3.05, 3.63) is 64.5 Å². The van der Waals surface area contributed by atoms with Crippen LogP contribution >= 0.6 is 11.5 Å². The van der Waals surface area contributed by atoms with Crippen LogP contribution in [0.25, 0.3) is 10.9 Å². The molecule has 0 aliphatic carbocycles. The second kappa shape index (κ2) is 7.11. The number of hydrogen-bond donors (Lipinski definition) is 2. The van der Waals surface area contributed by atoms with E-state index >= 15 is 0 Å². The Bertz CT molecular complexity index is 839. The molecule has 2 aromatic carbocycles. The van der Waals surface area contributed by atoms with Gasteiger partial charge >= 0.3 is 0 Å². The van der Waals surface area contributed by atoms with Crippen molar-refractivity contribution in [1.29, 1.82) is 0 Å². The Morgan fingerprint density at radius 2 is 1.79 bits per heavy atom. The van der Waals surface area contributed by atoms with Gasteiger partial charge < -0.3 is 11.1 Å². The van der Waals surface area contributed by atoms with Gasteiger partial charge in [-0.25, -0.2) is 0 Å². The van der Waals surface area contributed by atoms with Crippen molar-refractivity contribution in [3.63, 3.8) is 0 Å². The van der Waals surface area contributed by atoms with Gasteiger partial charge in [0.05, 0.1) is 5.52 Å². The highest BCUT2D eigenvalue weighted by atomic mass is 32.1. The number of rotatable bonds is 5. The third kappa shape index (κ3) is 3.47. The number of amides is 1. The van der Waals surface area contributed by atoms with Crippen molar-refractivity contribution < 1.29 is 4.79 Å². The minimum absolute atomic E-state index is 0.122. The first kappa shape index (κ1) is 16.6. The maximum Gasteiger partial charge on any atom is 0.263 e. The predicted octanol–water partition coefficient (Wildman–Crippen LogP) is 3.85. The molecule has 5 heteroatoms. The van der Waals surface area contributed by atoms with Crippen LogP contribution < -0.4 is 11.1 Å². The molecular formula is C19H21N3OS. The lowest BCUT2D eigenvalue weighted by Gasteiger charge is -2.14. The number of hydrogen-bond acceptors (Lipinski definition) is 4. The molecule has 1 aromatic heterocycles. The van der Waals surface area contributed by atoms with Crippen LogP contribution in [0.1, 0.15) is 46.6 Å². The van der Waals surface area contributed by atoms with Gasteiger partial charge in [-0.1, -0.05) is 56.3 Å². The summed E-state index contributed by atoms with van der Waals surface area (Å²) in [6.45, 7) is 4.72. The zero-order valence-corrected chi connectivity index (χ0v) is 14.6. The van der Waals surface area contributed by atoms with Gasteiger partial charge in [0.1, 0.15) is 4.88 Å². The summed E-state index contributed by atoms with van der Waals surface area (Å²) in [5.41, 5.74) is 9.36. The first-order valence-corrected chi connectivity index (χ1v) is 8.81. The molecule has 3 N–H and O–H groups in total. The summed E-state index contributed by atoms with van der Waals surface area (Å²) < 4.78 is 4.30. The van der Waals surface area contributed by atoms with E-state index in [-0.39, 0.29) is 11.9 Å². The topological polar surface area (TPSA) is 68.0 Å². The van der Waals surface area contributed by atoms with Gasteiger partial charge in [0, 0.05) is 18.0 Å². The lowest BCUT2D eigenvalue weighted by Crippen LogP contribution is -2.31. The Hall–Kier alpha value is -2.24. The molecule has 124 valence electrons. The Morgan fingerprint density at radius 1 is 1.12 bits per heavy atom. The predicted molar refractivity (Wildman–Crippen MR) is 99.4 cm³/mol. The molecule has 0 saturated carbocycles. The molecule has 0 aliphatic rings. The first-order chi connectivity index (χ1) is 11.6. The molecule has 3 aromatic rings. The zero-order chi connectivity index (χ0) is 17.1. The summed E-state index contributed by atoms with van der Waals surface area (Å²) in [7, 11) is 0. The quantitative estimate of drug-likeness (QED) is 0.742. The fourth-order valence-electron chi connectivity index (χ4n) is 2.58. The number of fused-ring (bicyclic) bond motifs is 1. The van der Waals surface area contributed by atoms with E-state index in [1.165, 1.54) is 17.1 Å². The van der Waals surface area contributed by atoms with E-state index in [0.29, 0.717) is 17.3 Å². The van der Waals surface area contributed by atoms with Crippen LogP contribution in [0.15, 0.2) is 48.5 Å². The molecule has 0 spiro atoms. The minimum Gasteiger partial charge on any atom is -0.349 e. The fraction of sp³-hybridized carbons (Fsp3) is 0.263. The average molecular weight is 339 g/mol. The van der Waals surface area contributed by atoms with Crippen LogP contribution in [0.4, 0.5) is 0 Å². The molecule has 3 rings (SSSR count). The van der Waals surface area contributed by atoms with Gasteiger partial charge in [-0.3, -0.25) is 4.79 Å². The molecule has 0 aliphatic heterocycles. The van der Waals surface area contributed by atoms with Gasteiger partial charge in [-0.2, -0.15) is 4.37 Å². The number of carbonyl (C=O) groups is 1. The molecule has 0 fully saturated rings. The molecule has 1 amide bonds. The SMILES string of the molecule is CC(C)c1ccc([C@@H](N)CNC(=O)c2snc3ccccc23)cc1. The van der Waals surface area contributed by atoms with E-state index < -0.39 is 0 Å².